The second-order valence-corrected chi connectivity index (χ2v) is 6.65. The number of rotatable bonds is 1. The predicted octanol–water partition coefficient (Wildman–Crippen LogP) is 1.57. The molecule has 1 atom stereocenters. The molecular formula is C17H16FN7. The summed E-state index contributed by atoms with van der Waals surface area (Å²) < 4.78 is 16.1. The van der Waals surface area contributed by atoms with Crippen molar-refractivity contribution in [3.05, 3.63) is 29.8 Å². The first kappa shape index (κ1) is 14.5. The zero-order chi connectivity index (χ0) is 17.0. The van der Waals surface area contributed by atoms with E-state index < -0.39 is 5.82 Å². The van der Waals surface area contributed by atoms with E-state index in [1.165, 1.54) is 25.2 Å². The summed E-state index contributed by atoms with van der Waals surface area (Å²) in [6.45, 7) is 3.87. The summed E-state index contributed by atoms with van der Waals surface area (Å²) in [5.41, 5.74) is 1.54. The summed E-state index contributed by atoms with van der Waals surface area (Å²) >= 11 is 0. The summed E-state index contributed by atoms with van der Waals surface area (Å²) in [5.74, 6) is 0.160. The van der Waals surface area contributed by atoms with Gasteiger partial charge in [-0.1, -0.05) is 0 Å². The molecule has 0 bridgehead atoms. The summed E-state index contributed by atoms with van der Waals surface area (Å²) in [6.07, 6.45) is 3.87. The average Bonchev–Trinajstić information content (AvgIpc) is 3.29. The van der Waals surface area contributed by atoms with Crippen LogP contribution in [0, 0.1) is 17.1 Å². The van der Waals surface area contributed by atoms with Gasteiger partial charge in [-0.25, -0.2) is 18.9 Å². The largest absolute Gasteiger partial charge is 0.351 e. The van der Waals surface area contributed by atoms with Gasteiger partial charge in [-0.15, -0.1) is 0 Å². The number of piperazine rings is 1. The highest BCUT2D eigenvalue weighted by Gasteiger charge is 2.32. The van der Waals surface area contributed by atoms with Crippen molar-refractivity contribution in [2.24, 2.45) is 0 Å². The van der Waals surface area contributed by atoms with Gasteiger partial charge in [0.1, 0.15) is 11.8 Å². The molecule has 1 unspecified atom stereocenters. The van der Waals surface area contributed by atoms with Gasteiger partial charge in [-0.3, -0.25) is 4.90 Å². The Labute approximate surface area is 143 Å². The topological polar surface area (TPSA) is 73.3 Å². The van der Waals surface area contributed by atoms with Gasteiger partial charge in [0.05, 0.1) is 17.1 Å². The third kappa shape index (κ3) is 2.16. The Morgan fingerprint density at radius 2 is 2.16 bits per heavy atom. The van der Waals surface area contributed by atoms with Crippen molar-refractivity contribution in [2.45, 2.75) is 18.9 Å². The molecule has 2 fully saturated rings. The van der Waals surface area contributed by atoms with Crippen LogP contribution in [0.25, 0.3) is 16.7 Å². The molecule has 0 spiro atoms. The molecule has 5 rings (SSSR count). The standard InChI is InChI=1S/C17H16FN7/c18-13-6-11(8-19)7-14-15(13)22-17(16-20-10-21-25(14)16)24-5-4-23-3-1-2-12(23)9-24/h6-7,10,12H,1-5,9H2. The first-order valence-electron chi connectivity index (χ1n) is 8.46. The molecule has 1 aromatic carbocycles. The number of nitrogens with zero attached hydrogens (tertiary/aromatic N) is 7. The lowest BCUT2D eigenvalue weighted by Crippen LogP contribution is -2.50. The Morgan fingerprint density at radius 3 is 3.04 bits per heavy atom. The molecule has 2 aliphatic heterocycles. The number of fused-ring (bicyclic) bond motifs is 4. The van der Waals surface area contributed by atoms with E-state index in [0.717, 1.165) is 26.2 Å². The number of aromatic nitrogens is 4. The van der Waals surface area contributed by atoms with Crippen LogP contribution in [-0.2, 0) is 0 Å². The Morgan fingerprint density at radius 1 is 1.24 bits per heavy atom. The van der Waals surface area contributed by atoms with E-state index >= 15 is 0 Å². The quantitative estimate of drug-likeness (QED) is 0.671. The Balaban J connectivity index is 1.69. The van der Waals surface area contributed by atoms with Gasteiger partial charge in [-0.2, -0.15) is 10.4 Å². The molecule has 0 amide bonds. The number of hydrogen-bond acceptors (Lipinski definition) is 6. The fraction of sp³-hybridized carbons (Fsp3) is 0.412. The summed E-state index contributed by atoms with van der Waals surface area (Å²) in [6, 6.07) is 5.32. The zero-order valence-electron chi connectivity index (χ0n) is 13.6. The molecule has 25 heavy (non-hydrogen) atoms. The number of benzene rings is 1. The fourth-order valence-corrected chi connectivity index (χ4v) is 4.04. The van der Waals surface area contributed by atoms with Crippen LogP contribution in [0.4, 0.5) is 10.2 Å². The molecule has 0 N–H and O–H groups in total. The van der Waals surface area contributed by atoms with Crippen LogP contribution in [0.5, 0.6) is 0 Å². The Kier molecular flexibility index (Phi) is 3.12. The molecule has 2 saturated heterocycles. The molecular weight excluding hydrogens is 321 g/mol. The van der Waals surface area contributed by atoms with E-state index in [0.29, 0.717) is 23.0 Å². The second-order valence-electron chi connectivity index (χ2n) is 6.65. The van der Waals surface area contributed by atoms with Crippen molar-refractivity contribution in [1.82, 2.24) is 24.5 Å². The minimum absolute atomic E-state index is 0.223. The minimum atomic E-state index is -0.507. The highest BCUT2D eigenvalue weighted by atomic mass is 19.1. The lowest BCUT2D eigenvalue weighted by Gasteiger charge is -2.38. The minimum Gasteiger partial charge on any atom is -0.351 e. The smallest absolute Gasteiger partial charge is 0.199 e. The monoisotopic (exact) mass is 337 g/mol. The maximum absolute atomic E-state index is 14.5. The van der Waals surface area contributed by atoms with Crippen LogP contribution >= 0.6 is 0 Å². The van der Waals surface area contributed by atoms with Gasteiger partial charge < -0.3 is 4.90 Å². The molecule has 126 valence electrons. The van der Waals surface area contributed by atoms with E-state index in [1.54, 1.807) is 10.6 Å². The number of nitriles is 1. The van der Waals surface area contributed by atoms with Crippen molar-refractivity contribution in [3.63, 3.8) is 0 Å². The molecule has 8 heteroatoms. The molecule has 4 heterocycles. The molecule has 0 aliphatic carbocycles. The molecule has 0 radical (unpaired) electrons. The van der Waals surface area contributed by atoms with Crippen molar-refractivity contribution in [2.75, 3.05) is 31.1 Å². The fourth-order valence-electron chi connectivity index (χ4n) is 4.04. The van der Waals surface area contributed by atoms with Gasteiger partial charge in [0, 0.05) is 25.7 Å². The van der Waals surface area contributed by atoms with Crippen LogP contribution in [0.1, 0.15) is 18.4 Å². The molecule has 2 aliphatic rings. The molecule has 2 aromatic heterocycles. The Bertz CT molecular complexity index is 1020. The van der Waals surface area contributed by atoms with E-state index in [2.05, 4.69) is 24.9 Å². The van der Waals surface area contributed by atoms with Crippen LogP contribution in [0.15, 0.2) is 18.5 Å². The number of anilines is 1. The predicted molar refractivity (Wildman–Crippen MR) is 89.8 cm³/mol. The highest BCUT2D eigenvalue weighted by molar-refractivity contribution is 5.84. The van der Waals surface area contributed by atoms with Gasteiger partial charge >= 0.3 is 0 Å². The van der Waals surface area contributed by atoms with E-state index in [-0.39, 0.29) is 11.1 Å². The first-order chi connectivity index (χ1) is 12.2. The summed E-state index contributed by atoms with van der Waals surface area (Å²) in [7, 11) is 0. The second kappa shape index (κ2) is 5.36. The zero-order valence-corrected chi connectivity index (χ0v) is 13.6. The molecule has 0 saturated carbocycles. The third-order valence-corrected chi connectivity index (χ3v) is 5.25. The number of hydrogen-bond donors (Lipinski definition) is 0. The van der Waals surface area contributed by atoms with Gasteiger partial charge in [-0.05, 0) is 31.5 Å². The van der Waals surface area contributed by atoms with E-state index in [1.807, 2.05) is 6.07 Å². The van der Waals surface area contributed by atoms with Gasteiger partial charge in [0.15, 0.2) is 17.3 Å². The van der Waals surface area contributed by atoms with Crippen LogP contribution in [-0.4, -0.2) is 56.7 Å². The lowest BCUT2D eigenvalue weighted by atomic mass is 10.1. The van der Waals surface area contributed by atoms with Crippen LogP contribution in [0.2, 0.25) is 0 Å². The summed E-state index contributed by atoms with van der Waals surface area (Å²) in [5, 5.41) is 13.3. The normalized spacial score (nSPS) is 21.0. The van der Waals surface area contributed by atoms with Gasteiger partial charge in [0.2, 0.25) is 0 Å². The van der Waals surface area contributed by atoms with E-state index in [9.17, 15) is 4.39 Å². The Hall–Kier alpha value is -2.79. The van der Waals surface area contributed by atoms with Crippen molar-refractivity contribution in [1.29, 1.82) is 5.26 Å². The lowest BCUT2D eigenvalue weighted by molar-refractivity contribution is 0.230. The maximum Gasteiger partial charge on any atom is 0.199 e. The van der Waals surface area contributed by atoms with Crippen molar-refractivity contribution in [3.8, 4) is 6.07 Å². The van der Waals surface area contributed by atoms with Crippen molar-refractivity contribution >= 4 is 22.5 Å². The first-order valence-corrected chi connectivity index (χ1v) is 8.46. The van der Waals surface area contributed by atoms with Gasteiger partial charge in [0.25, 0.3) is 0 Å². The highest BCUT2D eigenvalue weighted by Crippen LogP contribution is 2.29. The van der Waals surface area contributed by atoms with Crippen LogP contribution < -0.4 is 4.90 Å². The SMILES string of the molecule is N#Cc1cc(F)c2nc(N3CCN4CCCC4C3)c3ncnn3c2c1. The van der Waals surface area contributed by atoms with Crippen molar-refractivity contribution < 1.29 is 4.39 Å². The third-order valence-electron chi connectivity index (χ3n) is 5.25. The van der Waals surface area contributed by atoms with Crippen LogP contribution in [0.3, 0.4) is 0 Å². The summed E-state index contributed by atoms with van der Waals surface area (Å²) in [4.78, 5) is 13.6. The average molecular weight is 337 g/mol. The molecule has 7 nitrogen and oxygen atoms in total. The van der Waals surface area contributed by atoms with E-state index in [4.69, 9.17) is 5.26 Å². The number of halogens is 1. The molecule has 3 aromatic rings. The maximum atomic E-state index is 14.5.